The van der Waals surface area contributed by atoms with Crippen molar-refractivity contribution in [3.8, 4) is 0 Å². The lowest BCUT2D eigenvalue weighted by Crippen LogP contribution is -2.42. The van der Waals surface area contributed by atoms with Crippen molar-refractivity contribution in [3.05, 3.63) is 21.3 Å². The molecule has 6 nitrogen and oxygen atoms in total. The van der Waals surface area contributed by atoms with Crippen molar-refractivity contribution in [2.45, 2.75) is 12.5 Å². The van der Waals surface area contributed by atoms with Crippen LogP contribution in [0.4, 0.5) is 0 Å². The monoisotopic (exact) mass is 357 g/mol. The molecular formula is C15H20ClN3O3S. The zero-order chi connectivity index (χ0) is 16.2. The lowest BCUT2D eigenvalue weighted by molar-refractivity contribution is -0.128. The van der Waals surface area contributed by atoms with Crippen LogP contribution in [0.3, 0.4) is 0 Å². The molecular weight excluding hydrogens is 338 g/mol. The van der Waals surface area contributed by atoms with Gasteiger partial charge in [-0.2, -0.15) is 0 Å². The molecule has 2 amide bonds. The van der Waals surface area contributed by atoms with E-state index in [4.69, 9.17) is 16.3 Å². The molecule has 0 bridgehead atoms. The topological polar surface area (TPSA) is 61.9 Å². The molecule has 1 N–H and O–H groups in total. The summed E-state index contributed by atoms with van der Waals surface area (Å²) in [6.07, 6.45) is 0.359. The molecule has 1 aromatic rings. The number of halogens is 1. The summed E-state index contributed by atoms with van der Waals surface area (Å²) in [6.45, 7) is 5.47. The quantitative estimate of drug-likeness (QED) is 0.856. The van der Waals surface area contributed by atoms with Crippen molar-refractivity contribution in [1.29, 1.82) is 0 Å². The van der Waals surface area contributed by atoms with E-state index in [1.807, 2.05) is 4.90 Å². The zero-order valence-corrected chi connectivity index (χ0v) is 14.4. The summed E-state index contributed by atoms with van der Waals surface area (Å²) in [5, 5.41) is 5.15. The summed E-state index contributed by atoms with van der Waals surface area (Å²) in [5.74, 6) is -0.0985. The molecule has 2 fully saturated rings. The van der Waals surface area contributed by atoms with Crippen LogP contribution in [-0.4, -0.2) is 73.6 Å². The first-order valence-corrected chi connectivity index (χ1v) is 9.01. The molecule has 23 heavy (non-hydrogen) atoms. The number of hydrogen-bond acceptors (Lipinski definition) is 5. The third-order valence-corrected chi connectivity index (χ3v) is 5.50. The fourth-order valence-corrected chi connectivity index (χ4v) is 3.92. The highest BCUT2D eigenvalue weighted by molar-refractivity contribution is 7.12. The van der Waals surface area contributed by atoms with Gasteiger partial charge in [0.1, 0.15) is 4.88 Å². The highest BCUT2D eigenvalue weighted by Crippen LogP contribution is 2.22. The lowest BCUT2D eigenvalue weighted by atomic mass is 10.2. The molecule has 2 saturated heterocycles. The Hall–Kier alpha value is -1.15. The van der Waals surface area contributed by atoms with Gasteiger partial charge in [0.05, 0.1) is 24.3 Å². The van der Waals surface area contributed by atoms with E-state index >= 15 is 0 Å². The Labute approximate surface area is 144 Å². The number of morpholine rings is 1. The van der Waals surface area contributed by atoms with Crippen LogP contribution >= 0.6 is 22.9 Å². The van der Waals surface area contributed by atoms with Crippen LogP contribution in [0.2, 0.25) is 5.02 Å². The van der Waals surface area contributed by atoms with Crippen LogP contribution in [0, 0.1) is 0 Å². The number of nitrogens with zero attached hydrogens (tertiary/aromatic N) is 2. The second-order valence-electron chi connectivity index (χ2n) is 5.77. The molecule has 3 heterocycles. The van der Waals surface area contributed by atoms with Crippen LogP contribution in [0.25, 0.3) is 0 Å². The Morgan fingerprint density at radius 3 is 2.87 bits per heavy atom. The van der Waals surface area contributed by atoms with E-state index in [0.29, 0.717) is 29.4 Å². The van der Waals surface area contributed by atoms with Gasteiger partial charge < -0.3 is 15.0 Å². The number of carbonyl (C=O) groups excluding carboxylic acids is 2. The van der Waals surface area contributed by atoms with E-state index in [1.165, 1.54) is 11.3 Å². The van der Waals surface area contributed by atoms with Gasteiger partial charge in [-0.25, -0.2) is 0 Å². The van der Waals surface area contributed by atoms with Crippen molar-refractivity contribution >= 4 is 34.8 Å². The maximum Gasteiger partial charge on any atom is 0.263 e. The Bertz CT molecular complexity index is 574. The molecule has 3 rings (SSSR count). The Kier molecular flexibility index (Phi) is 5.53. The van der Waals surface area contributed by atoms with E-state index < -0.39 is 0 Å². The second kappa shape index (κ2) is 7.61. The van der Waals surface area contributed by atoms with E-state index in [-0.39, 0.29) is 17.9 Å². The number of nitrogens with one attached hydrogen (secondary N) is 1. The van der Waals surface area contributed by atoms with Gasteiger partial charge >= 0.3 is 0 Å². The van der Waals surface area contributed by atoms with Crippen molar-refractivity contribution in [2.75, 3.05) is 45.9 Å². The summed E-state index contributed by atoms with van der Waals surface area (Å²) >= 11 is 7.28. The van der Waals surface area contributed by atoms with Gasteiger partial charge in [-0.3, -0.25) is 14.5 Å². The number of hydrogen-bond donors (Lipinski definition) is 1. The first-order valence-electron chi connectivity index (χ1n) is 7.75. The summed E-state index contributed by atoms with van der Waals surface area (Å²) in [5.41, 5.74) is 0. The fraction of sp³-hybridized carbons (Fsp3) is 0.600. The van der Waals surface area contributed by atoms with E-state index in [2.05, 4.69) is 10.2 Å². The van der Waals surface area contributed by atoms with E-state index in [0.717, 1.165) is 32.8 Å². The fourth-order valence-electron chi connectivity index (χ4n) is 2.88. The summed E-state index contributed by atoms with van der Waals surface area (Å²) in [4.78, 5) is 28.9. The van der Waals surface area contributed by atoms with Crippen LogP contribution in [0.5, 0.6) is 0 Å². The molecule has 0 saturated carbocycles. The number of amides is 2. The predicted octanol–water partition coefficient (Wildman–Crippen LogP) is 1.06. The number of rotatable bonds is 5. The average molecular weight is 358 g/mol. The molecule has 8 heteroatoms. The largest absolute Gasteiger partial charge is 0.379 e. The van der Waals surface area contributed by atoms with Gasteiger partial charge in [-0.1, -0.05) is 11.6 Å². The molecule has 0 radical (unpaired) electrons. The molecule has 2 aliphatic rings. The zero-order valence-electron chi connectivity index (χ0n) is 12.8. The third-order valence-electron chi connectivity index (χ3n) is 4.16. The number of carbonyl (C=O) groups is 2. The van der Waals surface area contributed by atoms with Gasteiger partial charge in [-0.15, -0.1) is 11.3 Å². The Morgan fingerprint density at radius 2 is 2.17 bits per heavy atom. The highest BCUT2D eigenvalue weighted by atomic mass is 35.5. The third kappa shape index (κ3) is 4.23. The molecule has 1 aromatic heterocycles. The van der Waals surface area contributed by atoms with Crippen LogP contribution in [0.15, 0.2) is 11.4 Å². The Balaban J connectivity index is 1.47. The van der Waals surface area contributed by atoms with Crippen LogP contribution < -0.4 is 5.32 Å². The van der Waals surface area contributed by atoms with E-state index in [9.17, 15) is 9.59 Å². The minimum Gasteiger partial charge on any atom is -0.379 e. The molecule has 0 spiro atoms. The van der Waals surface area contributed by atoms with Gasteiger partial charge in [0.2, 0.25) is 5.91 Å². The second-order valence-corrected chi connectivity index (χ2v) is 7.09. The number of ether oxygens (including phenoxy) is 1. The Morgan fingerprint density at radius 1 is 1.39 bits per heavy atom. The summed E-state index contributed by atoms with van der Waals surface area (Å²) < 4.78 is 5.32. The molecule has 2 aliphatic heterocycles. The average Bonchev–Trinajstić information content (AvgIpc) is 3.12. The number of thiophene rings is 1. The summed E-state index contributed by atoms with van der Waals surface area (Å²) in [7, 11) is 0. The van der Waals surface area contributed by atoms with Crippen LogP contribution in [-0.2, 0) is 9.53 Å². The van der Waals surface area contributed by atoms with E-state index in [1.54, 1.807) is 11.4 Å². The van der Waals surface area contributed by atoms with Crippen LogP contribution in [0.1, 0.15) is 16.1 Å². The smallest absolute Gasteiger partial charge is 0.263 e. The molecule has 0 aromatic carbocycles. The number of likely N-dealkylation sites (tertiary alicyclic amines) is 1. The summed E-state index contributed by atoms with van der Waals surface area (Å²) in [6, 6.07) is 1.56. The van der Waals surface area contributed by atoms with Gasteiger partial charge in [0.15, 0.2) is 0 Å². The van der Waals surface area contributed by atoms with Gasteiger partial charge in [0, 0.05) is 39.1 Å². The molecule has 1 atom stereocenters. The normalized spacial score (nSPS) is 22.6. The van der Waals surface area contributed by atoms with Crippen molar-refractivity contribution in [3.63, 3.8) is 0 Å². The maximum atomic E-state index is 12.2. The van der Waals surface area contributed by atoms with Crippen molar-refractivity contribution in [1.82, 2.24) is 15.1 Å². The minimum absolute atomic E-state index is 0.0980. The minimum atomic E-state index is -0.196. The van der Waals surface area contributed by atoms with Gasteiger partial charge in [-0.05, 0) is 11.4 Å². The maximum absolute atomic E-state index is 12.2. The van der Waals surface area contributed by atoms with Crippen molar-refractivity contribution in [2.24, 2.45) is 0 Å². The standard InChI is InChI=1S/C15H20ClN3O3S/c16-12-1-8-23-14(12)15(21)17-11-9-13(20)19(10-11)3-2-18-4-6-22-7-5-18/h1,8,11H,2-7,9-10H2,(H,17,21). The predicted molar refractivity (Wildman–Crippen MR) is 89.0 cm³/mol. The molecule has 126 valence electrons. The first kappa shape index (κ1) is 16.7. The first-order chi connectivity index (χ1) is 11.1. The SMILES string of the molecule is O=C(NC1CC(=O)N(CCN2CCOCC2)C1)c1sccc1Cl. The highest BCUT2D eigenvalue weighted by Gasteiger charge is 2.31. The molecule has 0 aliphatic carbocycles. The van der Waals surface area contributed by atoms with Gasteiger partial charge in [0.25, 0.3) is 5.91 Å². The lowest BCUT2D eigenvalue weighted by Gasteiger charge is -2.28. The molecule has 1 unspecified atom stereocenters. The van der Waals surface area contributed by atoms with Crippen molar-refractivity contribution < 1.29 is 14.3 Å².